The molecule has 18 heavy (non-hydrogen) atoms. The summed E-state index contributed by atoms with van der Waals surface area (Å²) in [7, 11) is 1.83. The molecule has 0 heterocycles. The highest BCUT2D eigenvalue weighted by Gasteiger charge is 2.22. The van der Waals surface area contributed by atoms with E-state index >= 15 is 0 Å². The average molecular weight is 264 g/mol. The molecule has 1 fully saturated rings. The summed E-state index contributed by atoms with van der Waals surface area (Å²) < 4.78 is 0. The highest BCUT2D eigenvalue weighted by atomic mass is 32.2. The Kier molecular flexibility index (Phi) is 4.66. The molecule has 1 N–H and O–H groups in total. The van der Waals surface area contributed by atoms with Gasteiger partial charge in [-0.15, -0.1) is 11.8 Å². The van der Waals surface area contributed by atoms with Crippen molar-refractivity contribution in [1.82, 2.24) is 5.32 Å². The van der Waals surface area contributed by atoms with Gasteiger partial charge in [-0.1, -0.05) is 6.92 Å². The SMILES string of the molecule is CCSc1ccc(N(C)C(=O)CNC2CC2)cc1. The van der Waals surface area contributed by atoms with E-state index in [1.165, 1.54) is 17.7 Å². The Morgan fingerprint density at radius 3 is 2.61 bits per heavy atom. The van der Waals surface area contributed by atoms with Crippen LogP contribution in [0.25, 0.3) is 0 Å². The third kappa shape index (κ3) is 3.75. The standard InChI is InChI=1S/C14H20N2OS/c1-3-18-13-8-6-12(7-9-13)16(2)14(17)10-15-11-4-5-11/h6-9,11,15H,3-5,10H2,1-2H3. The number of anilines is 1. The predicted molar refractivity (Wildman–Crippen MR) is 77.3 cm³/mol. The van der Waals surface area contributed by atoms with Gasteiger partial charge in [0.1, 0.15) is 0 Å². The third-order valence-corrected chi connectivity index (χ3v) is 3.92. The molecule has 0 saturated heterocycles. The summed E-state index contributed by atoms with van der Waals surface area (Å²) in [5.74, 6) is 1.19. The van der Waals surface area contributed by atoms with Crippen LogP contribution in [0.2, 0.25) is 0 Å². The molecular weight excluding hydrogens is 244 g/mol. The fourth-order valence-corrected chi connectivity index (χ4v) is 2.38. The molecule has 0 aliphatic heterocycles. The number of thioether (sulfide) groups is 1. The number of likely N-dealkylation sites (N-methyl/N-ethyl adjacent to an activating group) is 1. The second-order valence-electron chi connectivity index (χ2n) is 4.53. The minimum Gasteiger partial charge on any atom is -0.314 e. The first-order valence-corrected chi connectivity index (χ1v) is 7.42. The van der Waals surface area contributed by atoms with E-state index in [0.717, 1.165) is 11.4 Å². The summed E-state index contributed by atoms with van der Waals surface area (Å²) in [6.07, 6.45) is 2.42. The third-order valence-electron chi connectivity index (χ3n) is 3.03. The molecule has 0 radical (unpaired) electrons. The lowest BCUT2D eigenvalue weighted by Crippen LogP contribution is -2.36. The van der Waals surface area contributed by atoms with Crippen molar-refractivity contribution in [3.63, 3.8) is 0 Å². The molecular formula is C14H20N2OS. The Morgan fingerprint density at radius 2 is 2.06 bits per heavy atom. The molecule has 1 aromatic carbocycles. The van der Waals surface area contributed by atoms with Crippen LogP contribution in [0.1, 0.15) is 19.8 Å². The lowest BCUT2D eigenvalue weighted by molar-refractivity contribution is -0.117. The molecule has 0 bridgehead atoms. The van der Waals surface area contributed by atoms with Crippen molar-refractivity contribution >= 4 is 23.4 Å². The zero-order chi connectivity index (χ0) is 13.0. The van der Waals surface area contributed by atoms with Crippen molar-refractivity contribution in [3.8, 4) is 0 Å². The Bertz CT molecular complexity index is 401. The number of nitrogens with zero attached hydrogens (tertiary/aromatic N) is 1. The summed E-state index contributed by atoms with van der Waals surface area (Å²) in [6, 6.07) is 8.73. The summed E-state index contributed by atoms with van der Waals surface area (Å²) in [4.78, 5) is 14.9. The van der Waals surface area contributed by atoms with Crippen LogP contribution in [0.15, 0.2) is 29.2 Å². The number of rotatable bonds is 6. The molecule has 4 heteroatoms. The van der Waals surface area contributed by atoms with E-state index in [1.807, 2.05) is 30.9 Å². The average Bonchev–Trinajstić information content (AvgIpc) is 3.20. The largest absolute Gasteiger partial charge is 0.314 e. The lowest BCUT2D eigenvalue weighted by atomic mass is 10.3. The molecule has 1 aromatic rings. The van der Waals surface area contributed by atoms with Crippen LogP contribution in [-0.2, 0) is 4.79 Å². The van der Waals surface area contributed by atoms with Gasteiger partial charge < -0.3 is 10.2 Å². The second kappa shape index (κ2) is 6.25. The van der Waals surface area contributed by atoms with Gasteiger partial charge in [-0.3, -0.25) is 4.79 Å². The van der Waals surface area contributed by atoms with E-state index in [2.05, 4.69) is 24.4 Å². The zero-order valence-corrected chi connectivity index (χ0v) is 11.8. The molecule has 2 rings (SSSR count). The Morgan fingerprint density at radius 1 is 1.39 bits per heavy atom. The molecule has 1 saturated carbocycles. The first-order valence-electron chi connectivity index (χ1n) is 6.43. The van der Waals surface area contributed by atoms with Crippen LogP contribution in [0, 0.1) is 0 Å². The lowest BCUT2D eigenvalue weighted by Gasteiger charge is -2.18. The van der Waals surface area contributed by atoms with Gasteiger partial charge in [-0.2, -0.15) is 0 Å². The molecule has 98 valence electrons. The quantitative estimate of drug-likeness (QED) is 0.801. The maximum atomic E-state index is 11.9. The van der Waals surface area contributed by atoms with Gasteiger partial charge in [-0.05, 0) is 42.9 Å². The fourth-order valence-electron chi connectivity index (χ4n) is 1.71. The van der Waals surface area contributed by atoms with E-state index < -0.39 is 0 Å². The fraction of sp³-hybridized carbons (Fsp3) is 0.500. The van der Waals surface area contributed by atoms with Gasteiger partial charge in [-0.25, -0.2) is 0 Å². The summed E-state index contributed by atoms with van der Waals surface area (Å²) in [6.45, 7) is 2.57. The topological polar surface area (TPSA) is 32.3 Å². The maximum absolute atomic E-state index is 11.9. The van der Waals surface area contributed by atoms with Crippen molar-refractivity contribution < 1.29 is 4.79 Å². The van der Waals surface area contributed by atoms with E-state index in [-0.39, 0.29) is 5.91 Å². The van der Waals surface area contributed by atoms with Crippen LogP contribution >= 0.6 is 11.8 Å². The van der Waals surface area contributed by atoms with Gasteiger partial charge in [0.2, 0.25) is 5.91 Å². The predicted octanol–water partition coefficient (Wildman–Crippen LogP) is 2.51. The first kappa shape index (κ1) is 13.4. The summed E-state index contributed by atoms with van der Waals surface area (Å²) in [5, 5.41) is 3.24. The number of hydrogen-bond donors (Lipinski definition) is 1. The van der Waals surface area contributed by atoms with E-state index in [9.17, 15) is 4.79 Å². The summed E-state index contributed by atoms with van der Waals surface area (Å²) in [5.41, 5.74) is 0.957. The first-order chi connectivity index (χ1) is 8.70. The highest BCUT2D eigenvalue weighted by molar-refractivity contribution is 7.99. The van der Waals surface area contributed by atoms with E-state index in [4.69, 9.17) is 0 Å². The van der Waals surface area contributed by atoms with Gasteiger partial charge in [0.05, 0.1) is 6.54 Å². The minimum absolute atomic E-state index is 0.123. The molecule has 0 spiro atoms. The van der Waals surface area contributed by atoms with Crippen LogP contribution < -0.4 is 10.2 Å². The van der Waals surface area contributed by atoms with Gasteiger partial charge in [0.15, 0.2) is 0 Å². The van der Waals surface area contributed by atoms with Crippen LogP contribution in [0.5, 0.6) is 0 Å². The van der Waals surface area contributed by atoms with Crippen molar-refractivity contribution in [2.75, 3.05) is 24.2 Å². The monoisotopic (exact) mass is 264 g/mol. The normalized spacial score (nSPS) is 14.6. The second-order valence-corrected chi connectivity index (χ2v) is 5.87. The van der Waals surface area contributed by atoms with E-state index in [0.29, 0.717) is 12.6 Å². The van der Waals surface area contributed by atoms with E-state index in [1.54, 1.807) is 4.90 Å². The molecule has 1 aliphatic carbocycles. The van der Waals surface area contributed by atoms with Crippen molar-refractivity contribution in [2.24, 2.45) is 0 Å². The molecule has 1 aliphatic rings. The molecule has 0 aromatic heterocycles. The minimum atomic E-state index is 0.123. The smallest absolute Gasteiger partial charge is 0.240 e. The number of benzene rings is 1. The Hall–Kier alpha value is -1.00. The molecule has 0 unspecified atom stereocenters. The van der Waals surface area contributed by atoms with Crippen LogP contribution in [0.4, 0.5) is 5.69 Å². The molecule has 0 atom stereocenters. The molecule has 3 nitrogen and oxygen atoms in total. The number of amides is 1. The van der Waals surface area contributed by atoms with Crippen LogP contribution in [-0.4, -0.2) is 31.3 Å². The van der Waals surface area contributed by atoms with Crippen molar-refractivity contribution in [3.05, 3.63) is 24.3 Å². The number of carbonyl (C=O) groups is 1. The Labute approximate surface area is 113 Å². The van der Waals surface area contributed by atoms with Crippen molar-refractivity contribution in [1.29, 1.82) is 0 Å². The van der Waals surface area contributed by atoms with Crippen molar-refractivity contribution in [2.45, 2.75) is 30.7 Å². The zero-order valence-electron chi connectivity index (χ0n) is 11.0. The van der Waals surface area contributed by atoms with Gasteiger partial charge >= 0.3 is 0 Å². The number of nitrogens with one attached hydrogen (secondary N) is 1. The van der Waals surface area contributed by atoms with Gasteiger partial charge in [0, 0.05) is 23.7 Å². The number of hydrogen-bond acceptors (Lipinski definition) is 3. The molecule has 1 amide bonds. The van der Waals surface area contributed by atoms with Crippen LogP contribution in [0.3, 0.4) is 0 Å². The Balaban J connectivity index is 1.89. The maximum Gasteiger partial charge on any atom is 0.240 e. The highest BCUT2D eigenvalue weighted by Crippen LogP contribution is 2.22. The summed E-state index contributed by atoms with van der Waals surface area (Å²) >= 11 is 1.81. The number of carbonyl (C=O) groups excluding carboxylic acids is 1. The van der Waals surface area contributed by atoms with Gasteiger partial charge in [0.25, 0.3) is 0 Å².